The molecule has 2 aromatic carbocycles. The highest BCUT2D eigenvalue weighted by Gasteiger charge is 2.14. The van der Waals surface area contributed by atoms with Crippen LogP contribution in [0.4, 0.5) is 0 Å². The van der Waals surface area contributed by atoms with E-state index in [1.54, 1.807) is 25.3 Å². The fourth-order valence-corrected chi connectivity index (χ4v) is 2.62. The highest BCUT2D eigenvalue weighted by Crippen LogP contribution is 2.27. The van der Waals surface area contributed by atoms with Crippen LogP contribution in [0.1, 0.15) is 16.2 Å². The van der Waals surface area contributed by atoms with Crippen molar-refractivity contribution in [2.75, 3.05) is 27.9 Å². The summed E-state index contributed by atoms with van der Waals surface area (Å²) in [5.74, 6) is 2.36. The average molecular weight is 383 g/mol. The van der Waals surface area contributed by atoms with Gasteiger partial charge in [-0.3, -0.25) is 4.79 Å². The van der Waals surface area contributed by atoms with Gasteiger partial charge in [-0.1, -0.05) is 17.3 Å². The Morgan fingerprint density at radius 1 is 1.04 bits per heavy atom. The van der Waals surface area contributed by atoms with Gasteiger partial charge in [-0.15, -0.1) is 0 Å². The lowest BCUT2D eigenvalue weighted by Crippen LogP contribution is -2.25. The molecule has 8 heteroatoms. The van der Waals surface area contributed by atoms with Crippen molar-refractivity contribution < 1.29 is 23.5 Å². The van der Waals surface area contributed by atoms with Gasteiger partial charge < -0.3 is 24.1 Å². The van der Waals surface area contributed by atoms with Gasteiger partial charge in [0.15, 0.2) is 0 Å². The molecule has 1 aromatic heterocycles. The van der Waals surface area contributed by atoms with E-state index < -0.39 is 0 Å². The van der Waals surface area contributed by atoms with Crippen molar-refractivity contribution in [3.05, 3.63) is 53.9 Å². The summed E-state index contributed by atoms with van der Waals surface area (Å²) in [4.78, 5) is 16.7. The quantitative estimate of drug-likeness (QED) is 0.639. The standard InChI is InChI=1S/C20H21N3O5/c1-25-14-10-13(11-15(12-14)26-2)20(24)21-9-8-18-22-19(23-28-18)16-6-4-5-7-17(16)27-3/h4-7,10-12H,8-9H2,1-3H3,(H,21,24). The van der Waals surface area contributed by atoms with E-state index in [0.29, 0.717) is 47.5 Å². The van der Waals surface area contributed by atoms with Crippen molar-refractivity contribution in [2.45, 2.75) is 6.42 Å². The maximum absolute atomic E-state index is 12.4. The monoisotopic (exact) mass is 383 g/mol. The highest BCUT2D eigenvalue weighted by atomic mass is 16.5. The molecule has 0 saturated heterocycles. The fourth-order valence-electron chi connectivity index (χ4n) is 2.62. The average Bonchev–Trinajstić information content (AvgIpc) is 3.21. The molecule has 1 amide bonds. The van der Waals surface area contributed by atoms with E-state index >= 15 is 0 Å². The van der Waals surface area contributed by atoms with Gasteiger partial charge in [0.1, 0.15) is 17.2 Å². The van der Waals surface area contributed by atoms with Gasteiger partial charge in [0.05, 0.1) is 26.9 Å². The molecule has 0 spiro atoms. The van der Waals surface area contributed by atoms with Gasteiger partial charge in [0.25, 0.3) is 5.91 Å². The number of ether oxygens (including phenoxy) is 3. The molecule has 0 radical (unpaired) electrons. The summed E-state index contributed by atoms with van der Waals surface area (Å²) in [6, 6.07) is 12.4. The number of rotatable bonds is 8. The number of nitrogens with one attached hydrogen (secondary N) is 1. The number of carbonyl (C=O) groups is 1. The summed E-state index contributed by atoms with van der Waals surface area (Å²) in [6.45, 7) is 0.339. The van der Waals surface area contributed by atoms with Crippen LogP contribution >= 0.6 is 0 Å². The Bertz CT molecular complexity index is 932. The summed E-state index contributed by atoms with van der Waals surface area (Å²) < 4.78 is 20.9. The van der Waals surface area contributed by atoms with Gasteiger partial charge in [0.2, 0.25) is 11.7 Å². The largest absolute Gasteiger partial charge is 0.497 e. The fraction of sp³-hybridized carbons (Fsp3) is 0.250. The summed E-state index contributed by atoms with van der Waals surface area (Å²) in [7, 11) is 4.65. The molecule has 3 rings (SSSR count). The van der Waals surface area contributed by atoms with Gasteiger partial charge in [-0.2, -0.15) is 4.98 Å². The van der Waals surface area contributed by atoms with Crippen LogP contribution in [0.25, 0.3) is 11.4 Å². The van der Waals surface area contributed by atoms with Crippen LogP contribution in [0, 0.1) is 0 Å². The Balaban J connectivity index is 1.61. The van der Waals surface area contributed by atoms with Crippen LogP contribution in [-0.4, -0.2) is 43.9 Å². The number of para-hydroxylation sites is 1. The first-order chi connectivity index (χ1) is 13.6. The molecule has 0 fully saturated rings. The molecular formula is C20H21N3O5. The van der Waals surface area contributed by atoms with Gasteiger partial charge in [-0.25, -0.2) is 0 Å². The van der Waals surface area contributed by atoms with Crippen molar-refractivity contribution in [1.29, 1.82) is 0 Å². The van der Waals surface area contributed by atoms with Crippen LogP contribution in [0.3, 0.4) is 0 Å². The van der Waals surface area contributed by atoms with Crippen LogP contribution in [0.15, 0.2) is 47.0 Å². The summed E-state index contributed by atoms with van der Waals surface area (Å²) >= 11 is 0. The van der Waals surface area contributed by atoms with E-state index in [0.717, 1.165) is 5.56 Å². The van der Waals surface area contributed by atoms with Crippen molar-refractivity contribution >= 4 is 5.91 Å². The third-order valence-electron chi connectivity index (χ3n) is 4.05. The lowest BCUT2D eigenvalue weighted by Gasteiger charge is -2.08. The summed E-state index contributed by atoms with van der Waals surface area (Å²) in [5.41, 5.74) is 1.18. The minimum Gasteiger partial charge on any atom is -0.497 e. The zero-order valence-electron chi connectivity index (χ0n) is 15.9. The van der Waals surface area contributed by atoms with E-state index in [1.165, 1.54) is 14.2 Å². The molecule has 1 heterocycles. The molecule has 146 valence electrons. The van der Waals surface area contributed by atoms with Crippen molar-refractivity contribution in [3.63, 3.8) is 0 Å². The number of amides is 1. The molecule has 0 unspecified atom stereocenters. The predicted octanol–water partition coefficient (Wildman–Crippen LogP) is 2.73. The van der Waals surface area contributed by atoms with E-state index in [9.17, 15) is 4.79 Å². The van der Waals surface area contributed by atoms with Crippen LogP contribution in [-0.2, 0) is 6.42 Å². The maximum Gasteiger partial charge on any atom is 0.251 e. The molecule has 3 aromatic rings. The number of benzene rings is 2. The smallest absolute Gasteiger partial charge is 0.251 e. The normalized spacial score (nSPS) is 10.4. The number of methoxy groups -OCH3 is 3. The number of hydrogen-bond donors (Lipinski definition) is 1. The van der Waals surface area contributed by atoms with Gasteiger partial charge in [-0.05, 0) is 24.3 Å². The van der Waals surface area contributed by atoms with E-state index in [-0.39, 0.29) is 5.91 Å². The number of carbonyl (C=O) groups excluding carboxylic acids is 1. The summed E-state index contributed by atoms with van der Waals surface area (Å²) in [5, 5.41) is 6.80. The molecule has 0 saturated carbocycles. The molecule has 0 atom stereocenters. The Morgan fingerprint density at radius 3 is 2.43 bits per heavy atom. The van der Waals surface area contributed by atoms with Crippen molar-refractivity contribution in [2.24, 2.45) is 0 Å². The maximum atomic E-state index is 12.4. The third kappa shape index (κ3) is 4.40. The topological polar surface area (TPSA) is 95.7 Å². The third-order valence-corrected chi connectivity index (χ3v) is 4.05. The predicted molar refractivity (Wildman–Crippen MR) is 102 cm³/mol. The molecule has 28 heavy (non-hydrogen) atoms. The Kier molecular flexibility index (Phi) is 6.11. The number of hydrogen-bond acceptors (Lipinski definition) is 7. The van der Waals surface area contributed by atoms with E-state index in [2.05, 4.69) is 15.5 Å². The minimum absolute atomic E-state index is 0.248. The Hall–Kier alpha value is -3.55. The molecule has 8 nitrogen and oxygen atoms in total. The number of nitrogens with zero attached hydrogens (tertiary/aromatic N) is 2. The second-order valence-corrected chi connectivity index (χ2v) is 5.82. The van der Waals surface area contributed by atoms with E-state index in [1.807, 2.05) is 24.3 Å². The van der Waals surface area contributed by atoms with Crippen LogP contribution in [0.5, 0.6) is 17.2 Å². The molecule has 1 N–H and O–H groups in total. The number of aromatic nitrogens is 2. The van der Waals surface area contributed by atoms with Gasteiger partial charge in [0, 0.05) is 24.6 Å². The zero-order valence-corrected chi connectivity index (χ0v) is 15.9. The Morgan fingerprint density at radius 2 is 1.75 bits per heavy atom. The van der Waals surface area contributed by atoms with E-state index in [4.69, 9.17) is 18.7 Å². The lowest BCUT2D eigenvalue weighted by atomic mass is 10.2. The molecular weight excluding hydrogens is 362 g/mol. The lowest BCUT2D eigenvalue weighted by molar-refractivity contribution is 0.0952. The van der Waals surface area contributed by atoms with Crippen LogP contribution in [0.2, 0.25) is 0 Å². The minimum atomic E-state index is -0.248. The molecule has 0 aliphatic carbocycles. The first-order valence-electron chi connectivity index (χ1n) is 8.62. The second kappa shape index (κ2) is 8.90. The first kappa shape index (κ1) is 19.2. The SMILES string of the molecule is COc1cc(OC)cc(C(=O)NCCc2nc(-c3ccccc3OC)no2)c1. The Labute approximate surface area is 162 Å². The van der Waals surface area contributed by atoms with Crippen molar-refractivity contribution in [3.8, 4) is 28.6 Å². The molecule has 0 aliphatic heterocycles. The second-order valence-electron chi connectivity index (χ2n) is 5.82. The first-order valence-corrected chi connectivity index (χ1v) is 8.62. The van der Waals surface area contributed by atoms with Crippen LogP contribution < -0.4 is 19.5 Å². The summed E-state index contributed by atoms with van der Waals surface area (Å²) in [6.07, 6.45) is 0.398. The molecule has 0 aliphatic rings. The zero-order chi connectivity index (χ0) is 19.9. The molecule has 0 bridgehead atoms. The van der Waals surface area contributed by atoms with Crippen molar-refractivity contribution in [1.82, 2.24) is 15.5 Å². The highest BCUT2D eigenvalue weighted by molar-refractivity contribution is 5.95. The van der Waals surface area contributed by atoms with Gasteiger partial charge >= 0.3 is 0 Å².